The van der Waals surface area contributed by atoms with E-state index in [4.69, 9.17) is 0 Å². The van der Waals surface area contributed by atoms with Crippen LogP contribution in [-0.2, 0) is 16.7 Å². The Hall–Kier alpha value is -1.56. The molecule has 2 aromatic rings. The molecule has 0 aliphatic carbocycles. The standard InChI is InChI=1S/C16H24N4OS/c1-15(2,3)12-7-11(22-10-20-9-17-18-19-20)8-13(14(12)21)16(4,5)6/h7-9,21H,10H2,1-6H3. The number of tetrazole rings is 1. The minimum atomic E-state index is -0.116. The Labute approximate surface area is 136 Å². The predicted molar refractivity (Wildman–Crippen MR) is 89.2 cm³/mol. The van der Waals surface area contributed by atoms with Gasteiger partial charge in [0.15, 0.2) is 0 Å². The molecule has 0 unspecified atom stereocenters. The molecule has 120 valence electrons. The number of phenols is 1. The fourth-order valence-corrected chi connectivity index (χ4v) is 3.02. The van der Waals surface area contributed by atoms with Crippen LogP contribution in [0.15, 0.2) is 23.4 Å². The molecule has 1 N–H and O–H groups in total. The van der Waals surface area contributed by atoms with Crippen molar-refractivity contribution in [1.29, 1.82) is 0 Å². The van der Waals surface area contributed by atoms with E-state index in [0.29, 0.717) is 11.6 Å². The molecule has 0 radical (unpaired) electrons. The third-order valence-corrected chi connectivity index (χ3v) is 4.42. The van der Waals surface area contributed by atoms with Crippen molar-refractivity contribution >= 4 is 11.8 Å². The highest BCUT2D eigenvalue weighted by Gasteiger charge is 2.26. The van der Waals surface area contributed by atoms with E-state index in [9.17, 15) is 5.11 Å². The van der Waals surface area contributed by atoms with Crippen LogP contribution in [0, 0.1) is 0 Å². The van der Waals surface area contributed by atoms with Gasteiger partial charge >= 0.3 is 0 Å². The first-order valence-electron chi connectivity index (χ1n) is 7.30. The number of thioether (sulfide) groups is 1. The molecule has 1 aromatic carbocycles. The molecule has 0 saturated heterocycles. The predicted octanol–water partition coefficient (Wildman–Crippen LogP) is 3.72. The van der Waals surface area contributed by atoms with Crippen molar-refractivity contribution < 1.29 is 5.11 Å². The number of aromatic nitrogens is 4. The summed E-state index contributed by atoms with van der Waals surface area (Å²) in [6.07, 6.45) is 1.60. The number of nitrogens with zero attached hydrogens (tertiary/aromatic N) is 4. The number of rotatable bonds is 3. The van der Waals surface area contributed by atoms with E-state index in [2.05, 4.69) is 69.2 Å². The van der Waals surface area contributed by atoms with Gasteiger partial charge in [0.05, 0.1) is 5.88 Å². The Bertz CT molecular complexity index is 604. The van der Waals surface area contributed by atoms with Gasteiger partial charge in [0.1, 0.15) is 12.1 Å². The Kier molecular flexibility index (Phi) is 4.52. The maximum Gasteiger partial charge on any atom is 0.139 e. The van der Waals surface area contributed by atoms with Crippen molar-refractivity contribution in [3.63, 3.8) is 0 Å². The van der Waals surface area contributed by atoms with Gasteiger partial charge in [0.25, 0.3) is 0 Å². The van der Waals surface area contributed by atoms with E-state index >= 15 is 0 Å². The second-order valence-corrected chi connectivity index (χ2v) is 8.51. The molecule has 1 aromatic heterocycles. The SMILES string of the molecule is CC(C)(C)c1cc(SCn2cnnn2)cc(C(C)(C)C)c1O. The highest BCUT2D eigenvalue weighted by Crippen LogP contribution is 2.41. The van der Waals surface area contributed by atoms with Crippen LogP contribution in [0.5, 0.6) is 5.75 Å². The van der Waals surface area contributed by atoms with Crippen LogP contribution >= 0.6 is 11.8 Å². The van der Waals surface area contributed by atoms with Crippen LogP contribution in [-0.4, -0.2) is 25.3 Å². The molecule has 0 amide bonds. The molecule has 0 saturated carbocycles. The first kappa shape index (κ1) is 16.8. The van der Waals surface area contributed by atoms with Crippen LogP contribution in [0.3, 0.4) is 0 Å². The maximum atomic E-state index is 10.7. The summed E-state index contributed by atoms with van der Waals surface area (Å²) in [7, 11) is 0. The van der Waals surface area contributed by atoms with Crippen LogP contribution < -0.4 is 0 Å². The smallest absolute Gasteiger partial charge is 0.139 e. The summed E-state index contributed by atoms with van der Waals surface area (Å²) in [5.74, 6) is 1.05. The van der Waals surface area contributed by atoms with Crippen LogP contribution in [0.25, 0.3) is 0 Å². The average Bonchev–Trinajstić information content (AvgIpc) is 2.87. The monoisotopic (exact) mass is 320 g/mol. The fraction of sp³-hybridized carbons (Fsp3) is 0.562. The molecule has 0 aliphatic rings. The molecule has 5 nitrogen and oxygen atoms in total. The highest BCUT2D eigenvalue weighted by atomic mass is 32.2. The summed E-state index contributed by atoms with van der Waals surface area (Å²) in [6, 6.07) is 4.14. The second-order valence-electron chi connectivity index (χ2n) is 7.49. The highest BCUT2D eigenvalue weighted by molar-refractivity contribution is 7.98. The Morgan fingerprint density at radius 2 is 1.59 bits per heavy atom. The number of hydrogen-bond acceptors (Lipinski definition) is 5. The van der Waals surface area contributed by atoms with E-state index in [1.807, 2.05) is 0 Å². The minimum Gasteiger partial charge on any atom is -0.507 e. The largest absolute Gasteiger partial charge is 0.507 e. The molecule has 22 heavy (non-hydrogen) atoms. The van der Waals surface area contributed by atoms with Crippen molar-refractivity contribution in [3.05, 3.63) is 29.6 Å². The van der Waals surface area contributed by atoms with Crippen molar-refractivity contribution in [3.8, 4) is 5.75 Å². The number of benzene rings is 1. The van der Waals surface area contributed by atoms with Gasteiger partial charge in [0.2, 0.25) is 0 Å². The van der Waals surface area contributed by atoms with Crippen LogP contribution in [0.4, 0.5) is 0 Å². The van der Waals surface area contributed by atoms with Gasteiger partial charge in [-0.15, -0.1) is 16.9 Å². The lowest BCUT2D eigenvalue weighted by Gasteiger charge is -2.28. The average molecular weight is 320 g/mol. The molecule has 6 heteroatoms. The summed E-state index contributed by atoms with van der Waals surface area (Å²) in [6.45, 7) is 12.7. The lowest BCUT2D eigenvalue weighted by atomic mass is 9.79. The number of aromatic hydroxyl groups is 1. The minimum absolute atomic E-state index is 0.116. The summed E-state index contributed by atoms with van der Waals surface area (Å²) >= 11 is 1.66. The van der Waals surface area contributed by atoms with Gasteiger partial charge in [-0.2, -0.15) is 0 Å². The fourth-order valence-electron chi connectivity index (χ4n) is 2.21. The molecule has 2 rings (SSSR count). The van der Waals surface area contributed by atoms with Crippen molar-refractivity contribution in [2.24, 2.45) is 0 Å². The van der Waals surface area contributed by atoms with Gasteiger partial charge < -0.3 is 5.11 Å². The third kappa shape index (κ3) is 3.80. The molecule has 0 fully saturated rings. The zero-order valence-corrected chi connectivity index (χ0v) is 14.9. The van der Waals surface area contributed by atoms with E-state index in [0.717, 1.165) is 16.0 Å². The zero-order valence-electron chi connectivity index (χ0n) is 14.1. The first-order chi connectivity index (χ1) is 10.1. The van der Waals surface area contributed by atoms with Gasteiger partial charge in [-0.05, 0) is 33.4 Å². The van der Waals surface area contributed by atoms with E-state index < -0.39 is 0 Å². The number of hydrogen-bond donors (Lipinski definition) is 1. The first-order valence-corrected chi connectivity index (χ1v) is 8.29. The van der Waals surface area contributed by atoms with Crippen LogP contribution in [0.2, 0.25) is 0 Å². The summed E-state index contributed by atoms with van der Waals surface area (Å²) in [5.41, 5.74) is 1.71. The van der Waals surface area contributed by atoms with E-state index in [1.54, 1.807) is 22.8 Å². The summed E-state index contributed by atoms with van der Waals surface area (Å²) < 4.78 is 1.69. The Balaban J connectivity index is 2.41. The normalized spacial score (nSPS) is 12.6. The van der Waals surface area contributed by atoms with Crippen molar-refractivity contribution in [2.45, 2.75) is 63.1 Å². The van der Waals surface area contributed by atoms with E-state index in [-0.39, 0.29) is 10.8 Å². The van der Waals surface area contributed by atoms with Gasteiger partial charge in [-0.3, -0.25) is 0 Å². The maximum absolute atomic E-state index is 10.7. The van der Waals surface area contributed by atoms with Crippen molar-refractivity contribution in [1.82, 2.24) is 20.2 Å². The topological polar surface area (TPSA) is 63.8 Å². The zero-order chi connectivity index (χ0) is 16.5. The van der Waals surface area contributed by atoms with Gasteiger partial charge in [-0.1, -0.05) is 41.5 Å². The molecule has 0 bridgehead atoms. The van der Waals surface area contributed by atoms with E-state index in [1.165, 1.54) is 0 Å². The second kappa shape index (κ2) is 5.91. The van der Waals surface area contributed by atoms with Crippen molar-refractivity contribution in [2.75, 3.05) is 0 Å². The molecule has 0 aliphatic heterocycles. The lowest BCUT2D eigenvalue weighted by Crippen LogP contribution is -2.17. The molecule has 0 spiro atoms. The van der Waals surface area contributed by atoms with Crippen LogP contribution in [0.1, 0.15) is 52.7 Å². The summed E-state index contributed by atoms with van der Waals surface area (Å²) in [4.78, 5) is 1.11. The Morgan fingerprint density at radius 3 is 2.00 bits per heavy atom. The number of phenolic OH excluding ortho intramolecular Hbond substituents is 1. The van der Waals surface area contributed by atoms with Gasteiger partial charge in [-0.25, -0.2) is 4.68 Å². The van der Waals surface area contributed by atoms with Gasteiger partial charge in [0, 0.05) is 16.0 Å². The molecular weight excluding hydrogens is 296 g/mol. The molecule has 1 heterocycles. The third-order valence-electron chi connectivity index (χ3n) is 3.45. The Morgan fingerprint density at radius 1 is 1.05 bits per heavy atom. The quantitative estimate of drug-likeness (QED) is 0.873. The summed E-state index contributed by atoms with van der Waals surface area (Å²) in [5, 5.41) is 21.8. The molecular formula is C16H24N4OS. The lowest BCUT2D eigenvalue weighted by molar-refractivity contribution is 0.422. The molecule has 0 atom stereocenters.